The molecule has 0 saturated carbocycles. The third-order valence-corrected chi connectivity index (χ3v) is 2.56. The van der Waals surface area contributed by atoms with Gasteiger partial charge in [0.2, 0.25) is 0 Å². The van der Waals surface area contributed by atoms with E-state index in [-0.39, 0.29) is 5.91 Å². The number of anilines is 1. The second kappa shape index (κ2) is 5.53. The summed E-state index contributed by atoms with van der Waals surface area (Å²) in [6.07, 6.45) is 3.60. The summed E-state index contributed by atoms with van der Waals surface area (Å²) >= 11 is 0. The molecule has 1 heterocycles. The highest BCUT2D eigenvalue weighted by Gasteiger charge is 2.19. The van der Waals surface area contributed by atoms with Crippen LogP contribution < -0.4 is 5.73 Å². The first-order chi connectivity index (χ1) is 7.61. The summed E-state index contributed by atoms with van der Waals surface area (Å²) < 4.78 is 1.64. The minimum atomic E-state index is -0.0506. The van der Waals surface area contributed by atoms with Gasteiger partial charge in [0.1, 0.15) is 5.69 Å². The van der Waals surface area contributed by atoms with Gasteiger partial charge in [-0.1, -0.05) is 13.3 Å². The molecule has 1 rings (SSSR count). The summed E-state index contributed by atoms with van der Waals surface area (Å²) in [7, 11) is 1.80. The Morgan fingerprint density at radius 1 is 1.56 bits per heavy atom. The minimum Gasteiger partial charge on any atom is -0.396 e. The van der Waals surface area contributed by atoms with E-state index in [1.165, 1.54) is 6.20 Å². The van der Waals surface area contributed by atoms with Crippen LogP contribution in [0.5, 0.6) is 0 Å². The summed E-state index contributed by atoms with van der Waals surface area (Å²) in [4.78, 5) is 13.8. The number of aryl methyl sites for hydroxylation is 1. The smallest absolute Gasteiger partial charge is 0.274 e. The lowest BCUT2D eigenvalue weighted by Gasteiger charge is -2.17. The predicted molar refractivity (Wildman–Crippen MR) is 64.2 cm³/mol. The molecule has 1 amide bonds. The van der Waals surface area contributed by atoms with Crippen molar-refractivity contribution >= 4 is 11.6 Å². The van der Waals surface area contributed by atoms with E-state index >= 15 is 0 Å². The fourth-order valence-corrected chi connectivity index (χ4v) is 1.55. The van der Waals surface area contributed by atoms with Crippen LogP contribution in [0.2, 0.25) is 0 Å². The lowest BCUT2D eigenvalue weighted by Crippen LogP contribution is -2.30. The first kappa shape index (κ1) is 12.5. The molecule has 2 N–H and O–H groups in total. The molecular formula is C11H20N4O. The first-order valence-corrected chi connectivity index (χ1v) is 5.68. The molecule has 0 bridgehead atoms. The van der Waals surface area contributed by atoms with Crippen molar-refractivity contribution < 1.29 is 4.79 Å². The van der Waals surface area contributed by atoms with Crippen LogP contribution in [0.3, 0.4) is 0 Å². The summed E-state index contributed by atoms with van der Waals surface area (Å²) in [6.45, 7) is 5.45. The van der Waals surface area contributed by atoms with Crippen LogP contribution in [0.1, 0.15) is 37.2 Å². The number of hydrogen-bond donors (Lipinski definition) is 1. The molecule has 0 fully saturated rings. The number of carbonyl (C=O) groups is 1. The molecule has 5 heteroatoms. The molecule has 16 heavy (non-hydrogen) atoms. The van der Waals surface area contributed by atoms with Crippen LogP contribution in [0.25, 0.3) is 0 Å². The number of rotatable bonds is 5. The number of hydrogen-bond acceptors (Lipinski definition) is 3. The third-order valence-electron chi connectivity index (χ3n) is 2.56. The first-order valence-electron chi connectivity index (χ1n) is 5.68. The molecule has 5 nitrogen and oxygen atoms in total. The van der Waals surface area contributed by atoms with Crippen LogP contribution in [0.15, 0.2) is 6.20 Å². The largest absolute Gasteiger partial charge is 0.396 e. The Hall–Kier alpha value is -1.52. The van der Waals surface area contributed by atoms with Crippen LogP contribution in [0.4, 0.5) is 5.69 Å². The molecule has 1 aromatic rings. The van der Waals surface area contributed by atoms with Crippen molar-refractivity contribution in [3.63, 3.8) is 0 Å². The van der Waals surface area contributed by atoms with Gasteiger partial charge in [-0.3, -0.25) is 9.48 Å². The number of nitrogens with two attached hydrogens (primary N) is 1. The van der Waals surface area contributed by atoms with Gasteiger partial charge in [0.05, 0.1) is 11.9 Å². The maximum Gasteiger partial charge on any atom is 0.274 e. The average Bonchev–Trinajstić information content (AvgIpc) is 2.66. The van der Waals surface area contributed by atoms with Gasteiger partial charge >= 0.3 is 0 Å². The van der Waals surface area contributed by atoms with Crippen molar-refractivity contribution in [1.29, 1.82) is 0 Å². The maximum atomic E-state index is 12.1. The molecule has 0 aliphatic heterocycles. The normalized spacial score (nSPS) is 10.4. The lowest BCUT2D eigenvalue weighted by atomic mass is 10.3. The number of carbonyl (C=O) groups excluding carboxylic acids is 1. The van der Waals surface area contributed by atoms with E-state index < -0.39 is 0 Å². The summed E-state index contributed by atoms with van der Waals surface area (Å²) in [5, 5.41) is 4.06. The van der Waals surface area contributed by atoms with Gasteiger partial charge in [-0.2, -0.15) is 5.10 Å². The predicted octanol–water partition coefficient (Wildman–Crippen LogP) is 1.36. The van der Waals surface area contributed by atoms with E-state index in [2.05, 4.69) is 12.0 Å². The fourth-order valence-electron chi connectivity index (χ4n) is 1.55. The molecule has 90 valence electrons. The van der Waals surface area contributed by atoms with Gasteiger partial charge in [-0.05, 0) is 13.3 Å². The lowest BCUT2D eigenvalue weighted by molar-refractivity contribution is 0.0782. The van der Waals surface area contributed by atoms with Crippen molar-refractivity contribution in [3.05, 3.63) is 11.9 Å². The Morgan fingerprint density at radius 2 is 2.25 bits per heavy atom. The molecular weight excluding hydrogens is 204 g/mol. The highest BCUT2D eigenvalue weighted by Crippen LogP contribution is 2.13. The van der Waals surface area contributed by atoms with Crippen molar-refractivity contribution in [2.24, 2.45) is 0 Å². The second-order valence-electron chi connectivity index (χ2n) is 3.84. The summed E-state index contributed by atoms with van der Waals surface area (Å²) in [5.41, 5.74) is 6.71. The Balaban J connectivity index is 2.82. The Bertz CT molecular complexity index is 359. The van der Waals surface area contributed by atoms with E-state index in [1.807, 2.05) is 6.92 Å². The minimum absolute atomic E-state index is 0.0506. The van der Waals surface area contributed by atoms with Crippen LogP contribution in [-0.4, -0.2) is 34.2 Å². The van der Waals surface area contributed by atoms with E-state index in [0.29, 0.717) is 17.9 Å². The van der Waals surface area contributed by atoms with Crippen LogP contribution in [0, 0.1) is 0 Å². The third kappa shape index (κ3) is 2.53. The molecule has 1 aromatic heterocycles. The Kier molecular flexibility index (Phi) is 4.34. The zero-order valence-electron chi connectivity index (χ0n) is 10.2. The van der Waals surface area contributed by atoms with E-state index in [0.717, 1.165) is 19.4 Å². The zero-order chi connectivity index (χ0) is 12.1. The molecule has 0 aliphatic rings. The molecule has 0 spiro atoms. The van der Waals surface area contributed by atoms with E-state index in [4.69, 9.17) is 5.73 Å². The summed E-state index contributed by atoms with van der Waals surface area (Å²) in [5.74, 6) is -0.0506. The van der Waals surface area contributed by atoms with Crippen molar-refractivity contribution in [1.82, 2.24) is 14.7 Å². The van der Waals surface area contributed by atoms with E-state index in [1.54, 1.807) is 16.6 Å². The zero-order valence-corrected chi connectivity index (χ0v) is 10.2. The topological polar surface area (TPSA) is 64.2 Å². The van der Waals surface area contributed by atoms with Gasteiger partial charge in [0, 0.05) is 20.1 Å². The SMILES string of the molecule is CCCCN(C)C(=O)c1c(N)cnn1CC. The number of nitrogens with zero attached hydrogens (tertiary/aromatic N) is 3. The number of nitrogen functional groups attached to an aromatic ring is 1. The number of aromatic nitrogens is 2. The van der Waals surface area contributed by atoms with Gasteiger partial charge < -0.3 is 10.6 Å². The highest BCUT2D eigenvalue weighted by molar-refractivity contribution is 5.97. The molecule has 0 saturated heterocycles. The molecule has 0 unspecified atom stereocenters. The standard InChI is InChI=1S/C11H20N4O/c1-4-6-7-14(3)11(16)10-9(12)8-13-15(10)5-2/h8H,4-7,12H2,1-3H3. The van der Waals surface area contributed by atoms with Crippen LogP contribution in [-0.2, 0) is 6.54 Å². The quantitative estimate of drug-likeness (QED) is 0.821. The fraction of sp³-hybridized carbons (Fsp3) is 0.636. The molecule has 0 radical (unpaired) electrons. The molecule has 0 aromatic carbocycles. The van der Waals surface area contributed by atoms with Gasteiger partial charge in [-0.15, -0.1) is 0 Å². The van der Waals surface area contributed by atoms with Gasteiger partial charge in [-0.25, -0.2) is 0 Å². The summed E-state index contributed by atoms with van der Waals surface area (Å²) in [6, 6.07) is 0. The average molecular weight is 224 g/mol. The highest BCUT2D eigenvalue weighted by atomic mass is 16.2. The Morgan fingerprint density at radius 3 is 2.81 bits per heavy atom. The Labute approximate surface area is 96.2 Å². The maximum absolute atomic E-state index is 12.1. The number of amides is 1. The molecule has 0 aliphatic carbocycles. The van der Waals surface area contributed by atoms with Gasteiger partial charge in [0.25, 0.3) is 5.91 Å². The van der Waals surface area contributed by atoms with Gasteiger partial charge in [0.15, 0.2) is 0 Å². The molecule has 0 atom stereocenters. The van der Waals surface area contributed by atoms with Crippen molar-refractivity contribution in [2.45, 2.75) is 33.2 Å². The van der Waals surface area contributed by atoms with Crippen LogP contribution >= 0.6 is 0 Å². The van der Waals surface area contributed by atoms with Crippen molar-refractivity contribution in [2.75, 3.05) is 19.3 Å². The second-order valence-corrected chi connectivity index (χ2v) is 3.84. The number of unbranched alkanes of at least 4 members (excludes halogenated alkanes) is 1. The van der Waals surface area contributed by atoms with E-state index in [9.17, 15) is 4.79 Å². The monoisotopic (exact) mass is 224 g/mol. The van der Waals surface area contributed by atoms with Crippen molar-refractivity contribution in [3.8, 4) is 0 Å².